The zero-order chi connectivity index (χ0) is 19.2. The number of alkyl halides is 1. The van der Waals surface area contributed by atoms with Gasteiger partial charge in [0.25, 0.3) is 0 Å². The summed E-state index contributed by atoms with van der Waals surface area (Å²) in [6, 6.07) is 17.5. The zero-order valence-corrected chi connectivity index (χ0v) is 17.0. The molecule has 0 bridgehead atoms. The second kappa shape index (κ2) is 9.59. The number of hydrogen-bond acceptors (Lipinski definition) is 2. The molecule has 0 aromatic heterocycles. The Kier molecular flexibility index (Phi) is 7.17. The van der Waals surface area contributed by atoms with Gasteiger partial charge in [0.2, 0.25) is 5.91 Å². The first-order chi connectivity index (χ1) is 13.1. The monoisotopic (exact) mass is 405 g/mol. The normalized spacial score (nSPS) is 22.0. The Morgan fingerprint density at radius 3 is 2.48 bits per heavy atom. The minimum absolute atomic E-state index is 0.00448. The molecule has 1 aliphatic rings. The molecule has 0 heterocycles. The van der Waals surface area contributed by atoms with E-state index in [1.807, 2.05) is 59.5 Å². The number of hydrogen-bond donors (Lipinski definition) is 0. The Labute approximate surface area is 171 Å². The molecule has 0 radical (unpaired) electrons. The van der Waals surface area contributed by atoms with Crippen LogP contribution in [0.2, 0.25) is 5.02 Å². The van der Waals surface area contributed by atoms with Gasteiger partial charge in [0.05, 0.1) is 18.8 Å². The molecule has 5 heteroatoms. The van der Waals surface area contributed by atoms with Crippen LogP contribution in [0.5, 0.6) is 0 Å². The van der Waals surface area contributed by atoms with E-state index < -0.39 is 0 Å². The van der Waals surface area contributed by atoms with Crippen molar-refractivity contribution in [3.63, 3.8) is 0 Å². The fourth-order valence-electron chi connectivity index (χ4n) is 3.76. The number of benzene rings is 2. The summed E-state index contributed by atoms with van der Waals surface area (Å²) >= 11 is 11.8. The number of carbonyl (C=O) groups is 1. The molecule has 3 nitrogen and oxygen atoms in total. The molecular formula is C22H25Cl2NO2. The summed E-state index contributed by atoms with van der Waals surface area (Å²) in [7, 11) is 0. The van der Waals surface area contributed by atoms with E-state index in [0.717, 1.165) is 24.1 Å². The number of amides is 1. The quantitative estimate of drug-likeness (QED) is 0.553. The number of para-hydroxylation sites is 1. The number of ether oxygens (including phenoxy) is 1. The van der Waals surface area contributed by atoms with Gasteiger partial charge in [-0.2, -0.15) is 0 Å². The van der Waals surface area contributed by atoms with E-state index in [9.17, 15) is 4.79 Å². The predicted molar refractivity (Wildman–Crippen MR) is 111 cm³/mol. The molecule has 1 aliphatic carbocycles. The summed E-state index contributed by atoms with van der Waals surface area (Å²) in [4.78, 5) is 14.8. The Morgan fingerprint density at radius 1 is 1.11 bits per heavy atom. The molecule has 1 amide bonds. The molecule has 0 spiro atoms. The first-order valence-electron chi connectivity index (χ1n) is 9.37. The maximum absolute atomic E-state index is 12.9. The van der Waals surface area contributed by atoms with Crippen LogP contribution in [0.4, 0.5) is 5.69 Å². The van der Waals surface area contributed by atoms with E-state index in [-0.39, 0.29) is 18.1 Å². The maximum Gasteiger partial charge on any atom is 0.228 e. The zero-order valence-electron chi connectivity index (χ0n) is 15.5. The lowest BCUT2D eigenvalue weighted by Crippen LogP contribution is -2.45. The van der Waals surface area contributed by atoms with Crippen molar-refractivity contribution in [2.24, 2.45) is 5.92 Å². The third-order valence-corrected chi connectivity index (χ3v) is 5.47. The molecule has 1 saturated carbocycles. The van der Waals surface area contributed by atoms with E-state index in [4.69, 9.17) is 27.9 Å². The smallest absolute Gasteiger partial charge is 0.228 e. The predicted octanol–water partition coefficient (Wildman–Crippen LogP) is 5.69. The standard InChI is InChI=1S/C22H25Cl2NO2/c1-16-13-20(21(14-16)27-15-17-7-9-18(24)10-8-17)25(22(26)11-12-23)19-5-3-2-4-6-19/h2-10,16,20-21H,11-15H2,1H3. The Bertz CT molecular complexity index is 736. The Balaban J connectivity index is 1.78. The topological polar surface area (TPSA) is 29.5 Å². The van der Waals surface area contributed by atoms with Crippen LogP contribution in [0.1, 0.15) is 31.7 Å². The van der Waals surface area contributed by atoms with Gasteiger partial charge in [0, 0.05) is 23.0 Å². The summed E-state index contributed by atoms with van der Waals surface area (Å²) in [6.45, 7) is 2.73. The van der Waals surface area contributed by atoms with Crippen molar-refractivity contribution in [2.75, 3.05) is 10.8 Å². The second-order valence-electron chi connectivity index (χ2n) is 7.16. The van der Waals surface area contributed by atoms with Gasteiger partial charge in [-0.05, 0) is 48.6 Å². The van der Waals surface area contributed by atoms with Crippen LogP contribution in [0.15, 0.2) is 54.6 Å². The summed E-state index contributed by atoms with van der Waals surface area (Å²) in [6.07, 6.45) is 2.19. The van der Waals surface area contributed by atoms with Crippen LogP contribution in [0.3, 0.4) is 0 Å². The molecular weight excluding hydrogens is 381 g/mol. The van der Waals surface area contributed by atoms with E-state index in [0.29, 0.717) is 29.8 Å². The average Bonchev–Trinajstić information content (AvgIpc) is 3.03. The van der Waals surface area contributed by atoms with Crippen molar-refractivity contribution in [3.8, 4) is 0 Å². The molecule has 144 valence electrons. The van der Waals surface area contributed by atoms with E-state index in [1.165, 1.54) is 0 Å². The minimum Gasteiger partial charge on any atom is -0.371 e. The fourth-order valence-corrected chi connectivity index (χ4v) is 4.05. The van der Waals surface area contributed by atoms with Crippen molar-refractivity contribution >= 4 is 34.8 Å². The summed E-state index contributed by atoms with van der Waals surface area (Å²) in [5.41, 5.74) is 1.99. The van der Waals surface area contributed by atoms with Gasteiger partial charge in [0.1, 0.15) is 0 Å². The number of halogens is 2. The Hall–Kier alpha value is -1.55. The maximum atomic E-state index is 12.9. The highest BCUT2D eigenvalue weighted by atomic mass is 35.5. The minimum atomic E-state index is -0.00448. The molecule has 0 aliphatic heterocycles. The molecule has 1 fully saturated rings. The highest BCUT2D eigenvalue weighted by Crippen LogP contribution is 2.35. The first-order valence-corrected chi connectivity index (χ1v) is 10.3. The van der Waals surface area contributed by atoms with Gasteiger partial charge in [-0.1, -0.05) is 48.9 Å². The SMILES string of the molecule is CC1CC(OCc2ccc(Cl)cc2)C(N(C(=O)CCCl)c2ccccc2)C1. The van der Waals surface area contributed by atoms with E-state index >= 15 is 0 Å². The summed E-state index contributed by atoms with van der Waals surface area (Å²) in [5.74, 6) is 0.872. The lowest BCUT2D eigenvalue weighted by atomic mass is 10.1. The third-order valence-electron chi connectivity index (χ3n) is 5.03. The van der Waals surface area contributed by atoms with Crippen LogP contribution >= 0.6 is 23.2 Å². The van der Waals surface area contributed by atoms with Crippen molar-refractivity contribution in [1.82, 2.24) is 0 Å². The molecule has 0 N–H and O–H groups in total. The van der Waals surface area contributed by atoms with Crippen molar-refractivity contribution < 1.29 is 9.53 Å². The van der Waals surface area contributed by atoms with Crippen LogP contribution in [0, 0.1) is 5.92 Å². The highest BCUT2D eigenvalue weighted by Gasteiger charge is 2.39. The molecule has 2 aromatic carbocycles. The summed E-state index contributed by atoms with van der Waals surface area (Å²) in [5, 5.41) is 0.716. The molecule has 2 aromatic rings. The largest absolute Gasteiger partial charge is 0.371 e. The first kappa shape index (κ1) is 20.2. The fraction of sp³-hybridized carbons (Fsp3) is 0.409. The number of rotatable bonds is 7. The van der Waals surface area contributed by atoms with Gasteiger partial charge in [0.15, 0.2) is 0 Å². The molecule has 27 heavy (non-hydrogen) atoms. The van der Waals surface area contributed by atoms with Gasteiger partial charge in [-0.15, -0.1) is 11.6 Å². The van der Waals surface area contributed by atoms with Gasteiger partial charge >= 0.3 is 0 Å². The van der Waals surface area contributed by atoms with Crippen LogP contribution in [0.25, 0.3) is 0 Å². The Morgan fingerprint density at radius 2 is 1.81 bits per heavy atom. The average molecular weight is 406 g/mol. The van der Waals surface area contributed by atoms with Crippen LogP contribution in [-0.2, 0) is 16.1 Å². The molecule has 3 rings (SSSR count). The lowest BCUT2D eigenvalue weighted by molar-refractivity contribution is -0.119. The highest BCUT2D eigenvalue weighted by molar-refractivity contribution is 6.30. The summed E-state index contributed by atoms with van der Waals surface area (Å²) < 4.78 is 6.27. The van der Waals surface area contributed by atoms with E-state index in [1.54, 1.807) is 0 Å². The third kappa shape index (κ3) is 5.25. The van der Waals surface area contributed by atoms with Crippen molar-refractivity contribution in [1.29, 1.82) is 0 Å². The van der Waals surface area contributed by atoms with Crippen LogP contribution in [-0.4, -0.2) is 23.9 Å². The molecule has 0 saturated heterocycles. The second-order valence-corrected chi connectivity index (χ2v) is 7.97. The lowest BCUT2D eigenvalue weighted by Gasteiger charge is -2.33. The number of anilines is 1. The molecule has 3 unspecified atom stereocenters. The number of nitrogens with zero attached hydrogens (tertiary/aromatic N) is 1. The van der Waals surface area contributed by atoms with Gasteiger partial charge < -0.3 is 9.64 Å². The molecule has 3 atom stereocenters. The van der Waals surface area contributed by atoms with Crippen molar-refractivity contribution in [3.05, 3.63) is 65.2 Å². The number of carbonyl (C=O) groups excluding carboxylic acids is 1. The van der Waals surface area contributed by atoms with Crippen molar-refractivity contribution in [2.45, 2.75) is 44.9 Å². The van der Waals surface area contributed by atoms with Crippen LogP contribution < -0.4 is 4.90 Å². The van der Waals surface area contributed by atoms with Gasteiger partial charge in [-0.25, -0.2) is 0 Å². The van der Waals surface area contributed by atoms with Gasteiger partial charge in [-0.3, -0.25) is 4.79 Å². The van der Waals surface area contributed by atoms with E-state index in [2.05, 4.69) is 6.92 Å².